The van der Waals surface area contributed by atoms with E-state index in [2.05, 4.69) is 22.8 Å². The van der Waals surface area contributed by atoms with E-state index in [-0.39, 0.29) is 11.9 Å². The van der Waals surface area contributed by atoms with Crippen LogP contribution in [-0.2, 0) is 4.79 Å². The van der Waals surface area contributed by atoms with E-state index in [0.29, 0.717) is 12.0 Å². The highest BCUT2D eigenvalue weighted by Crippen LogP contribution is 2.40. The van der Waals surface area contributed by atoms with Crippen LogP contribution in [0.15, 0.2) is 30.3 Å². The number of hydrogen-bond acceptors (Lipinski definition) is 2. The maximum atomic E-state index is 11.6. The lowest BCUT2D eigenvalue weighted by molar-refractivity contribution is -0.122. The van der Waals surface area contributed by atoms with Crippen LogP contribution in [-0.4, -0.2) is 25.0 Å². The number of amides is 1. The molecule has 3 unspecified atom stereocenters. The molecule has 0 heterocycles. The molecule has 86 valence electrons. The molecular weight excluding hydrogens is 200 g/mol. The molecule has 1 aliphatic rings. The van der Waals surface area contributed by atoms with Crippen LogP contribution in [0, 0.1) is 0 Å². The van der Waals surface area contributed by atoms with E-state index in [4.69, 9.17) is 0 Å². The van der Waals surface area contributed by atoms with Crippen LogP contribution in [0.3, 0.4) is 0 Å². The van der Waals surface area contributed by atoms with E-state index < -0.39 is 0 Å². The monoisotopic (exact) mass is 218 g/mol. The smallest absolute Gasteiger partial charge is 0.237 e. The number of likely N-dealkylation sites (N-methyl/N-ethyl adjacent to an activating group) is 1. The van der Waals surface area contributed by atoms with Crippen molar-refractivity contribution in [3.05, 3.63) is 35.9 Å². The predicted molar refractivity (Wildman–Crippen MR) is 64.3 cm³/mol. The summed E-state index contributed by atoms with van der Waals surface area (Å²) in [7, 11) is 1.80. The fourth-order valence-corrected chi connectivity index (χ4v) is 1.86. The molecule has 0 radical (unpaired) electrons. The van der Waals surface area contributed by atoms with Gasteiger partial charge < -0.3 is 10.6 Å². The SMILES string of the molecule is CNC(C)C(=O)NC1CC1c1ccccc1. The summed E-state index contributed by atoms with van der Waals surface area (Å²) in [4.78, 5) is 11.6. The standard InChI is InChI=1S/C13H18N2O/c1-9(14-2)13(16)15-12-8-11(12)10-6-4-3-5-7-10/h3-7,9,11-12,14H,8H2,1-2H3,(H,15,16). The second kappa shape index (κ2) is 4.66. The largest absolute Gasteiger partial charge is 0.351 e. The zero-order chi connectivity index (χ0) is 11.5. The molecule has 0 bridgehead atoms. The zero-order valence-electron chi connectivity index (χ0n) is 9.73. The lowest BCUT2D eigenvalue weighted by atomic mass is 10.1. The molecule has 0 aliphatic heterocycles. The molecule has 0 spiro atoms. The number of benzene rings is 1. The molecule has 16 heavy (non-hydrogen) atoms. The first-order chi connectivity index (χ1) is 7.72. The fourth-order valence-electron chi connectivity index (χ4n) is 1.86. The van der Waals surface area contributed by atoms with Gasteiger partial charge in [-0.05, 0) is 26.0 Å². The van der Waals surface area contributed by atoms with Crippen molar-refractivity contribution in [2.75, 3.05) is 7.05 Å². The first kappa shape index (κ1) is 11.1. The van der Waals surface area contributed by atoms with Gasteiger partial charge in [-0.2, -0.15) is 0 Å². The molecule has 3 nitrogen and oxygen atoms in total. The van der Waals surface area contributed by atoms with Crippen molar-refractivity contribution < 1.29 is 4.79 Å². The number of nitrogens with one attached hydrogen (secondary N) is 2. The van der Waals surface area contributed by atoms with Gasteiger partial charge in [0.1, 0.15) is 0 Å². The van der Waals surface area contributed by atoms with E-state index >= 15 is 0 Å². The van der Waals surface area contributed by atoms with Gasteiger partial charge in [0.25, 0.3) is 0 Å². The van der Waals surface area contributed by atoms with E-state index in [1.165, 1.54) is 5.56 Å². The van der Waals surface area contributed by atoms with Crippen LogP contribution in [0.5, 0.6) is 0 Å². The van der Waals surface area contributed by atoms with Gasteiger partial charge in [-0.1, -0.05) is 30.3 Å². The van der Waals surface area contributed by atoms with E-state index in [9.17, 15) is 4.79 Å². The van der Waals surface area contributed by atoms with Gasteiger partial charge in [0.15, 0.2) is 0 Å². The van der Waals surface area contributed by atoms with Gasteiger partial charge in [-0.3, -0.25) is 4.79 Å². The first-order valence-electron chi connectivity index (χ1n) is 5.75. The highest BCUT2D eigenvalue weighted by molar-refractivity contribution is 5.82. The summed E-state index contributed by atoms with van der Waals surface area (Å²) in [5, 5.41) is 5.99. The molecular formula is C13H18N2O. The van der Waals surface area contributed by atoms with Gasteiger partial charge in [0.05, 0.1) is 6.04 Å². The Morgan fingerprint density at radius 1 is 1.38 bits per heavy atom. The Morgan fingerprint density at radius 3 is 2.69 bits per heavy atom. The van der Waals surface area contributed by atoms with Crippen LogP contribution < -0.4 is 10.6 Å². The van der Waals surface area contributed by atoms with Crippen molar-refractivity contribution in [3.8, 4) is 0 Å². The fraction of sp³-hybridized carbons (Fsp3) is 0.462. The molecule has 0 aromatic heterocycles. The first-order valence-corrected chi connectivity index (χ1v) is 5.75. The minimum absolute atomic E-state index is 0.0888. The molecule has 1 saturated carbocycles. The summed E-state index contributed by atoms with van der Waals surface area (Å²) in [6.07, 6.45) is 1.06. The summed E-state index contributed by atoms with van der Waals surface area (Å²) >= 11 is 0. The maximum Gasteiger partial charge on any atom is 0.237 e. The normalized spacial score (nSPS) is 24.9. The minimum Gasteiger partial charge on any atom is -0.351 e. The molecule has 1 amide bonds. The van der Waals surface area contributed by atoms with Gasteiger partial charge in [0.2, 0.25) is 5.91 Å². The highest BCUT2D eigenvalue weighted by Gasteiger charge is 2.39. The molecule has 2 N–H and O–H groups in total. The van der Waals surface area contributed by atoms with Crippen molar-refractivity contribution >= 4 is 5.91 Å². The predicted octanol–water partition coefficient (Wildman–Crippen LogP) is 1.27. The van der Waals surface area contributed by atoms with Crippen molar-refractivity contribution in [2.45, 2.75) is 31.3 Å². The highest BCUT2D eigenvalue weighted by atomic mass is 16.2. The minimum atomic E-state index is -0.114. The summed E-state index contributed by atoms with van der Waals surface area (Å²) in [6, 6.07) is 10.6. The van der Waals surface area contributed by atoms with Crippen LogP contribution in [0.25, 0.3) is 0 Å². The second-order valence-corrected chi connectivity index (χ2v) is 4.38. The average molecular weight is 218 g/mol. The van der Waals surface area contributed by atoms with Gasteiger partial charge in [-0.15, -0.1) is 0 Å². The topological polar surface area (TPSA) is 41.1 Å². The Bertz CT molecular complexity index is 363. The second-order valence-electron chi connectivity index (χ2n) is 4.38. The Balaban J connectivity index is 1.86. The lowest BCUT2D eigenvalue weighted by Crippen LogP contribution is -2.41. The van der Waals surface area contributed by atoms with Gasteiger partial charge >= 0.3 is 0 Å². The Labute approximate surface area is 96.2 Å². The molecule has 1 aromatic rings. The third-order valence-electron chi connectivity index (χ3n) is 3.17. The van der Waals surface area contributed by atoms with E-state index in [0.717, 1.165) is 6.42 Å². The van der Waals surface area contributed by atoms with Crippen molar-refractivity contribution in [2.24, 2.45) is 0 Å². The molecule has 2 rings (SSSR count). The summed E-state index contributed by atoms with van der Waals surface area (Å²) < 4.78 is 0. The molecule has 3 heteroatoms. The van der Waals surface area contributed by atoms with Crippen LogP contribution in [0.1, 0.15) is 24.8 Å². The lowest BCUT2D eigenvalue weighted by Gasteiger charge is -2.10. The average Bonchev–Trinajstić information content (AvgIpc) is 3.08. The van der Waals surface area contributed by atoms with Crippen molar-refractivity contribution in [1.82, 2.24) is 10.6 Å². The van der Waals surface area contributed by atoms with Crippen LogP contribution in [0.2, 0.25) is 0 Å². The number of hydrogen-bond donors (Lipinski definition) is 2. The Hall–Kier alpha value is -1.35. The molecule has 1 aliphatic carbocycles. The third-order valence-corrected chi connectivity index (χ3v) is 3.17. The number of carbonyl (C=O) groups is 1. The maximum absolute atomic E-state index is 11.6. The molecule has 3 atom stereocenters. The summed E-state index contributed by atoms with van der Waals surface area (Å²) in [6.45, 7) is 1.87. The molecule has 1 aromatic carbocycles. The van der Waals surface area contributed by atoms with E-state index in [1.54, 1.807) is 7.05 Å². The Kier molecular flexibility index (Phi) is 3.25. The summed E-state index contributed by atoms with van der Waals surface area (Å²) in [5.41, 5.74) is 1.32. The molecule has 0 saturated heterocycles. The Morgan fingerprint density at radius 2 is 2.06 bits per heavy atom. The quantitative estimate of drug-likeness (QED) is 0.799. The number of rotatable bonds is 4. The van der Waals surface area contributed by atoms with Gasteiger partial charge in [-0.25, -0.2) is 0 Å². The zero-order valence-corrected chi connectivity index (χ0v) is 9.73. The summed E-state index contributed by atoms with van der Waals surface area (Å²) in [5.74, 6) is 0.597. The van der Waals surface area contributed by atoms with E-state index in [1.807, 2.05) is 25.1 Å². The molecule has 1 fully saturated rings. The van der Waals surface area contributed by atoms with Gasteiger partial charge in [0, 0.05) is 12.0 Å². The van der Waals surface area contributed by atoms with Crippen LogP contribution >= 0.6 is 0 Å². The third kappa shape index (κ3) is 2.42. The van der Waals surface area contributed by atoms with Crippen molar-refractivity contribution in [3.63, 3.8) is 0 Å². The van der Waals surface area contributed by atoms with Crippen LogP contribution in [0.4, 0.5) is 0 Å². The van der Waals surface area contributed by atoms with Crippen molar-refractivity contribution in [1.29, 1.82) is 0 Å². The number of carbonyl (C=O) groups excluding carboxylic acids is 1.